The standard InChI is InChI=1S/C11H20N4O/c1-5-15-7-6-13-9(10(15)16)14(4)11(2,3)8-12/h6-7H,5,8,12H2,1-4H3. The fourth-order valence-corrected chi connectivity index (χ4v) is 1.34. The molecule has 0 spiro atoms. The van der Waals surface area contributed by atoms with E-state index in [1.54, 1.807) is 17.0 Å². The molecule has 0 radical (unpaired) electrons. The van der Waals surface area contributed by atoms with E-state index < -0.39 is 0 Å². The molecule has 16 heavy (non-hydrogen) atoms. The van der Waals surface area contributed by atoms with E-state index in [-0.39, 0.29) is 11.1 Å². The number of nitrogens with two attached hydrogens (primary N) is 1. The molecule has 2 N–H and O–H groups in total. The zero-order valence-electron chi connectivity index (χ0n) is 10.4. The highest BCUT2D eigenvalue weighted by Gasteiger charge is 2.25. The fraction of sp³-hybridized carbons (Fsp3) is 0.636. The first-order valence-corrected chi connectivity index (χ1v) is 5.43. The van der Waals surface area contributed by atoms with Gasteiger partial charge in [0.05, 0.1) is 0 Å². The van der Waals surface area contributed by atoms with Crippen LogP contribution in [0.15, 0.2) is 17.2 Å². The Hall–Kier alpha value is -1.36. The van der Waals surface area contributed by atoms with Crippen LogP contribution in [0, 0.1) is 0 Å². The van der Waals surface area contributed by atoms with E-state index in [2.05, 4.69) is 4.98 Å². The Morgan fingerprint density at radius 2 is 2.19 bits per heavy atom. The summed E-state index contributed by atoms with van der Waals surface area (Å²) >= 11 is 0. The molecule has 1 aromatic heterocycles. The summed E-state index contributed by atoms with van der Waals surface area (Å²) in [5.41, 5.74) is 5.33. The molecule has 0 aliphatic carbocycles. The summed E-state index contributed by atoms with van der Waals surface area (Å²) in [6.45, 7) is 7.00. The average Bonchev–Trinajstić information content (AvgIpc) is 2.28. The fourth-order valence-electron chi connectivity index (χ4n) is 1.34. The number of aromatic nitrogens is 2. The second kappa shape index (κ2) is 4.65. The van der Waals surface area contributed by atoms with Gasteiger partial charge in [-0.15, -0.1) is 0 Å². The molecule has 0 unspecified atom stereocenters. The monoisotopic (exact) mass is 224 g/mol. The van der Waals surface area contributed by atoms with Crippen molar-refractivity contribution in [3.05, 3.63) is 22.7 Å². The first-order valence-electron chi connectivity index (χ1n) is 5.43. The molecule has 0 saturated carbocycles. The maximum Gasteiger partial charge on any atom is 0.293 e. The van der Waals surface area contributed by atoms with Crippen LogP contribution in [0.1, 0.15) is 20.8 Å². The Bertz CT molecular complexity index is 411. The molecule has 0 atom stereocenters. The van der Waals surface area contributed by atoms with Crippen molar-refractivity contribution in [2.24, 2.45) is 5.73 Å². The van der Waals surface area contributed by atoms with Gasteiger partial charge in [0.25, 0.3) is 5.56 Å². The quantitative estimate of drug-likeness (QED) is 0.806. The molecule has 90 valence electrons. The van der Waals surface area contributed by atoms with Crippen molar-refractivity contribution >= 4 is 5.82 Å². The molecular formula is C11H20N4O. The van der Waals surface area contributed by atoms with Gasteiger partial charge in [-0.25, -0.2) is 4.98 Å². The summed E-state index contributed by atoms with van der Waals surface area (Å²) in [7, 11) is 1.84. The van der Waals surface area contributed by atoms with Crippen LogP contribution in [0.4, 0.5) is 5.82 Å². The summed E-state index contributed by atoms with van der Waals surface area (Å²) in [4.78, 5) is 18.0. The Kier molecular flexibility index (Phi) is 3.70. The van der Waals surface area contributed by atoms with E-state index in [1.165, 1.54) is 0 Å². The molecule has 0 fully saturated rings. The number of anilines is 1. The minimum absolute atomic E-state index is 0.0750. The van der Waals surface area contributed by atoms with Gasteiger partial charge < -0.3 is 15.2 Å². The minimum Gasteiger partial charge on any atom is -0.349 e. The SMILES string of the molecule is CCn1ccnc(N(C)C(C)(C)CN)c1=O. The van der Waals surface area contributed by atoms with Gasteiger partial charge in [0.1, 0.15) is 0 Å². The molecule has 0 aliphatic rings. The zero-order valence-corrected chi connectivity index (χ0v) is 10.4. The summed E-state index contributed by atoms with van der Waals surface area (Å²) < 4.78 is 1.63. The van der Waals surface area contributed by atoms with E-state index in [4.69, 9.17) is 5.73 Å². The van der Waals surface area contributed by atoms with Gasteiger partial charge in [-0.1, -0.05) is 0 Å². The van der Waals surface area contributed by atoms with Crippen molar-refractivity contribution in [1.82, 2.24) is 9.55 Å². The van der Waals surface area contributed by atoms with Crippen LogP contribution in [-0.2, 0) is 6.54 Å². The van der Waals surface area contributed by atoms with E-state index in [9.17, 15) is 4.79 Å². The summed E-state index contributed by atoms with van der Waals surface area (Å²) in [5, 5.41) is 0. The van der Waals surface area contributed by atoms with Crippen LogP contribution in [0.3, 0.4) is 0 Å². The highest BCUT2D eigenvalue weighted by Crippen LogP contribution is 2.15. The molecule has 1 heterocycles. The lowest BCUT2D eigenvalue weighted by Gasteiger charge is -2.34. The maximum absolute atomic E-state index is 12.0. The Labute approximate surface area is 95.9 Å². The van der Waals surface area contributed by atoms with E-state index in [1.807, 2.05) is 32.7 Å². The van der Waals surface area contributed by atoms with E-state index in [0.717, 1.165) is 0 Å². The third-order valence-electron chi connectivity index (χ3n) is 2.96. The molecule has 1 rings (SSSR count). The third kappa shape index (κ3) is 2.24. The van der Waals surface area contributed by atoms with Crippen molar-refractivity contribution in [2.75, 3.05) is 18.5 Å². The largest absolute Gasteiger partial charge is 0.349 e. The van der Waals surface area contributed by atoms with Gasteiger partial charge >= 0.3 is 0 Å². The Balaban J connectivity index is 3.19. The summed E-state index contributed by atoms with van der Waals surface area (Å²) in [5.74, 6) is 0.444. The topological polar surface area (TPSA) is 64.2 Å². The molecule has 5 heteroatoms. The number of nitrogens with zero attached hydrogens (tertiary/aromatic N) is 3. The van der Waals surface area contributed by atoms with Crippen LogP contribution in [0.5, 0.6) is 0 Å². The molecule has 0 aromatic carbocycles. The van der Waals surface area contributed by atoms with Gasteiger partial charge in [-0.05, 0) is 20.8 Å². The molecule has 0 amide bonds. The van der Waals surface area contributed by atoms with Gasteiger partial charge in [-0.2, -0.15) is 0 Å². The summed E-state index contributed by atoms with van der Waals surface area (Å²) in [6, 6.07) is 0. The van der Waals surface area contributed by atoms with Crippen LogP contribution >= 0.6 is 0 Å². The molecule has 5 nitrogen and oxygen atoms in total. The molecule has 0 bridgehead atoms. The second-order valence-corrected chi connectivity index (χ2v) is 4.42. The smallest absolute Gasteiger partial charge is 0.293 e. The second-order valence-electron chi connectivity index (χ2n) is 4.42. The van der Waals surface area contributed by atoms with Crippen molar-refractivity contribution < 1.29 is 0 Å². The number of aryl methyl sites for hydroxylation is 1. The van der Waals surface area contributed by atoms with Crippen molar-refractivity contribution in [1.29, 1.82) is 0 Å². The normalized spacial score (nSPS) is 11.6. The first-order chi connectivity index (χ1) is 7.44. The van der Waals surface area contributed by atoms with Crippen LogP contribution in [0.2, 0.25) is 0 Å². The Morgan fingerprint density at radius 1 is 1.56 bits per heavy atom. The number of rotatable bonds is 4. The predicted molar refractivity (Wildman–Crippen MR) is 65.7 cm³/mol. The highest BCUT2D eigenvalue weighted by atomic mass is 16.1. The average molecular weight is 224 g/mol. The molecule has 0 aliphatic heterocycles. The minimum atomic E-state index is -0.279. The maximum atomic E-state index is 12.0. The van der Waals surface area contributed by atoms with Gasteiger partial charge in [-0.3, -0.25) is 4.79 Å². The third-order valence-corrected chi connectivity index (χ3v) is 2.96. The predicted octanol–water partition coefficient (Wildman–Crippen LogP) is 0.437. The van der Waals surface area contributed by atoms with Gasteiger partial charge in [0.2, 0.25) is 0 Å². The zero-order chi connectivity index (χ0) is 12.3. The van der Waals surface area contributed by atoms with Gasteiger partial charge in [0.15, 0.2) is 5.82 Å². The lowest BCUT2D eigenvalue weighted by molar-refractivity contribution is 0.490. The van der Waals surface area contributed by atoms with Crippen molar-refractivity contribution in [2.45, 2.75) is 32.9 Å². The van der Waals surface area contributed by atoms with Crippen molar-refractivity contribution in [3.63, 3.8) is 0 Å². The molecule has 1 aromatic rings. The highest BCUT2D eigenvalue weighted by molar-refractivity contribution is 5.38. The number of hydrogen-bond donors (Lipinski definition) is 1. The number of hydrogen-bond acceptors (Lipinski definition) is 4. The van der Waals surface area contributed by atoms with Crippen LogP contribution in [0.25, 0.3) is 0 Å². The van der Waals surface area contributed by atoms with Gasteiger partial charge in [0, 0.05) is 38.1 Å². The molecular weight excluding hydrogens is 204 g/mol. The molecule has 0 saturated heterocycles. The lowest BCUT2D eigenvalue weighted by atomic mass is 10.0. The first kappa shape index (κ1) is 12.7. The summed E-state index contributed by atoms with van der Waals surface area (Å²) in [6.07, 6.45) is 3.33. The lowest BCUT2D eigenvalue weighted by Crippen LogP contribution is -2.50. The van der Waals surface area contributed by atoms with E-state index >= 15 is 0 Å². The Morgan fingerprint density at radius 3 is 2.69 bits per heavy atom. The van der Waals surface area contributed by atoms with Crippen molar-refractivity contribution in [3.8, 4) is 0 Å². The van der Waals surface area contributed by atoms with E-state index in [0.29, 0.717) is 18.9 Å². The van der Waals surface area contributed by atoms with Crippen LogP contribution in [-0.4, -0.2) is 28.7 Å². The number of likely N-dealkylation sites (N-methyl/N-ethyl adjacent to an activating group) is 1. The van der Waals surface area contributed by atoms with Crippen LogP contribution < -0.4 is 16.2 Å².